The van der Waals surface area contributed by atoms with Gasteiger partial charge in [0.1, 0.15) is 17.1 Å². The monoisotopic (exact) mass is 346 g/mol. The summed E-state index contributed by atoms with van der Waals surface area (Å²) in [6.07, 6.45) is 8.35. The lowest BCUT2D eigenvalue weighted by molar-refractivity contribution is -0.0000145. The summed E-state index contributed by atoms with van der Waals surface area (Å²) in [5, 5.41) is 11.0. The molecule has 0 amide bonds. The SMILES string of the molecule is COc1ccc2c(c1)CC[C@@H]1[C@@H]2CC[C@@]12[C+](C)[C@@]1(O)CC[C@H]2C1.[Cl-]. The Hall–Kier alpha value is -0.860. The molecule has 1 N–H and O–H groups in total. The number of aliphatic hydroxyl groups is 1. The standard InChI is InChI=1S/C21H27O2.ClH/c1-13-20(22)9-7-15(12-20)21(13)10-8-18-17-5-4-16(23-2)11-14(17)3-6-19(18)21;/h4-5,11,15,18-19,22H,3,6-10,12H2,1-2H3;1H/q+1;/p-1/t15-,18+,19+,20+,21-;/m0./s1. The molecule has 4 aliphatic carbocycles. The van der Waals surface area contributed by atoms with Gasteiger partial charge in [-0.3, -0.25) is 0 Å². The van der Waals surface area contributed by atoms with Gasteiger partial charge < -0.3 is 22.3 Å². The highest BCUT2D eigenvalue weighted by Gasteiger charge is 2.76. The molecule has 1 aromatic carbocycles. The molecule has 0 aromatic heterocycles. The van der Waals surface area contributed by atoms with Gasteiger partial charge in [-0.05, 0) is 61.3 Å². The number of fused-ring (bicyclic) bond motifs is 7. The van der Waals surface area contributed by atoms with Gasteiger partial charge in [-0.15, -0.1) is 0 Å². The molecule has 2 bridgehead atoms. The van der Waals surface area contributed by atoms with Crippen LogP contribution < -0.4 is 17.1 Å². The van der Waals surface area contributed by atoms with E-state index in [1.165, 1.54) is 43.6 Å². The molecule has 130 valence electrons. The molecule has 24 heavy (non-hydrogen) atoms. The average Bonchev–Trinajstić information content (AvgIpc) is 3.20. The van der Waals surface area contributed by atoms with Crippen molar-refractivity contribution in [3.63, 3.8) is 0 Å². The van der Waals surface area contributed by atoms with Gasteiger partial charge in [-0.1, -0.05) is 6.07 Å². The zero-order valence-corrected chi connectivity index (χ0v) is 15.4. The van der Waals surface area contributed by atoms with E-state index in [2.05, 4.69) is 25.1 Å². The van der Waals surface area contributed by atoms with Crippen molar-refractivity contribution in [1.82, 2.24) is 0 Å². The molecular weight excluding hydrogens is 320 g/mol. The quantitative estimate of drug-likeness (QED) is 0.776. The van der Waals surface area contributed by atoms with Crippen LogP contribution in [0.4, 0.5) is 0 Å². The maximum atomic E-state index is 11.0. The molecule has 1 spiro atoms. The van der Waals surface area contributed by atoms with Crippen LogP contribution in [0.5, 0.6) is 5.75 Å². The summed E-state index contributed by atoms with van der Waals surface area (Å²) in [5.74, 6) is 4.63. The minimum absolute atomic E-state index is 0. The number of hydrogen-bond donors (Lipinski definition) is 1. The summed E-state index contributed by atoms with van der Waals surface area (Å²) in [7, 11) is 1.76. The summed E-state index contributed by atoms with van der Waals surface area (Å²) in [6, 6.07) is 6.71. The van der Waals surface area contributed by atoms with Crippen molar-refractivity contribution in [1.29, 1.82) is 0 Å². The number of halogens is 1. The van der Waals surface area contributed by atoms with Crippen molar-refractivity contribution < 1.29 is 22.3 Å². The van der Waals surface area contributed by atoms with E-state index in [0.717, 1.165) is 30.4 Å². The molecule has 4 aliphatic rings. The van der Waals surface area contributed by atoms with E-state index < -0.39 is 5.60 Å². The Bertz CT molecular complexity index is 659. The summed E-state index contributed by atoms with van der Waals surface area (Å²) >= 11 is 0. The number of ether oxygens (including phenoxy) is 1. The van der Waals surface area contributed by atoms with Gasteiger partial charge in [0.2, 0.25) is 5.60 Å². The molecule has 0 radical (unpaired) electrons. The van der Waals surface area contributed by atoms with Crippen LogP contribution in [-0.2, 0) is 6.42 Å². The zero-order chi connectivity index (χ0) is 15.8. The fourth-order valence-corrected chi connectivity index (χ4v) is 7.09. The van der Waals surface area contributed by atoms with Gasteiger partial charge in [0, 0.05) is 24.7 Å². The molecule has 3 saturated carbocycles. The number of hydrogen-bond acceptors (Lipinski definition) is 2. The van der Waals surface area contributed by atoms with Crippen LogP contribution in [0, 0.1) is 23.2 Å². The van der Waals surface area contributed by atoms with Crippen LogP contribution in [0.15, 0.2) is 18.2 Å². The molecule has 0 saturated heterocycles. The topological polar surface area (TPSA) is 29.5 Å². The molecular formula is C21H27ClO2. The molecule has 1 aromatic rings. The van der Waals surface area contributed by atoms with Gasteiger partial charge in [0.15, 0.2) is 0 Å². The third-order valence-electron chi connectivity index (χ3n) is 8.11. The molecule has 0 unspecified atom stereocenters. The maximum absolute atomic E-state index is 11.0. The average molecular weight is 347 g/mol. The van der Waals surface area contributed by atoms with Crippen LogP contribution in [0.2, 0.25) is 0 Å². The summed E-state index contributed by atoms with van der Waals surface area (Å²) < 4.78 is 5.42. The van der Waals surface area contributed by atoms with Crippen LogP contribution in [-0.4, -0.2) is 17.8 Å². The number of benzene rings is 1. The second-order valence-corrected chi connectivity index (χ2v) is 8.49. The van der Waals surface area contributed by atoms with Gasteiger partial charge >= 0.3 is 0 Å². The summed E-state index contributed by atoms with van der Waals surface area (Å²) in [6.45, 7) is 2.28. The second kappa shape index (κ2) is 5.32. The van der Waals surface area contributed by atoms with Gasteiger partial charge in [-0.2, -0.15) is 0 Å². The minimum Gasteiger partial charge on any atom is -1.00 e. The van der Waals surface area contributed by atoms with Crippen LogP contribution in [0.3, 0.4) is 0 Å². The first-order valence-electron chi connectivity index (χ1n) is 9.32. The maximum Gasteiger partial charge on any atom is 0.207 e. The molecule has 0 aliphatic heterocycles. The Morgan fingerprint density at radius 1 is 1.21 bits per heavy atom. The molecule has 2 nitrogen and oxygen atoms in total. The largest absolute Gasteiger partial charge is 1.00 e. The number of rotatable bonds is 1. The zero-order valence-electron chi connectivity index (χ0n) is 14.6. The highest BCUT2D eigenvalue weighted by molar-refractivity contribution is 5.43. The third kappa shape index (κ3) is 1.85. The van der Waals surface area contributed by atoms with E-state index in [1.807, 2.05) is 0 Å². The fraction of sp³-hybridized carbons (Fsp3) is 0.667. The fourth-order valence-electron chi connectivity index (χ4n) is 7.09. The van der Waals surface area contributed by atoms with Crippen molar-refractivity contribution in [3.8, 4) is 5.75 Å². The number of aryl methyl sites for hydroxylation is 1. The Kier molecular flexibility index (Phi) is 3.68. The first-order chi connectivity index (χ1) is 11.1. The normalized spacial score (nSPS) is 42.0. The first kappa shape index (κ1) is 16.6. The van der Waals surface area contributed by atoms with Gasteiger partial charge in [0.05, 0.1) is 14.0 Å². The van der Waals surface area contributed by atoms with Crippen molar-refractivity contribution in [2.24, 2.45) is 17.3 Å². The van der Waals surface area contributed by atoms with Crippen LogP contribution >= 0.6 is 0 Å². The summed E-state index contributed by atoms with van der Waals surface area (Å²) in [4.78, 5) is 0. The van der Waals surface area contributed by atoms with E-state index in [-0.39, 0.29) is 12.4 Å². The van der Waals surface area contributed by atoms with E-state index >= 15 is 0 Å². The molecule has 3 fully saturated rings. The Morgan fingerprint density at radius 3 is 2.75 bits per heavy atom. The van der Waals surface area contributed by atoms with Gasteiger partial charge in [0.25, 0.3) is 0 Å². The van der Waals surface area contributed by atoms with Crippen molar-refractivity contribution in [3.05, 3.63) is 35.2 Å². The molecule has 5 rings (SSSR count). The third-order valence-corrected chi connectivity index (χ3v) is 8.11. The minimum atomic E-state index is -0.431. The summed E-state index contributed by atoms with van der Waals surface area (Å²) in [5.41, 5.74) is 2.98. The van der Waals surface area contributed by atoms with Crippen molar-refractivity contribution in [2.75, 3.05) is 7.11 Å². The van der Waals surface area contributed by atoms with E-state index in [0.29, 0.717) is 11.3 Å². The van der Waals surface area contributed by atoms with Gasteiger partial charge in [-0.25, -0.2) is 0 Å². The second-order valence-electron chi connectivity index (χ2n) is 8.49. The Balaban J connectivity index is 0.00000146. The predicted molar refractivity (Wildman–Crippen MR) is 90.4 cm³/mol. The van der Waals surface area contributed by atoms with Crippen LogP contribution in [0.25, 0.3) is 0 Å². The lowest BCUT2D eigenvalue weighted by Gasteiger charge is -2.41. The number of methoxy groups -OCH3 is 1. The van der Waals surface area contributed by atoms with E-state index in [9.17, 15) is 5.11 Å². The van der Waals surface area contributed by atoms with Crippen molar-refractivity contribution >= 4 is 0 Å². The highest BCUT2D eigenvalue weighted by atomic mass is 35.5. The van der Waals surface area contributed by atoms with Crippen molar-refractivity contribution in [2.45, 2.75) is 63.4 Å². The highest BCUT2D eigenvalue weighted by Crippen LogP contribution is 2.73. The Morgan fingerprint density at radius 2 is 2.04 bits per heavy atom. The first-order valence-corrected chi connectivity index (χ1v) is 9.32. The Labute approximate surface area is 151 Å². The lowest BCUT2D eigenvalue weighted by atomic mass is 9.57. The van der Waals surface area contributed by atoms with Crippen LogP contribution in [0.1, 0.15) is 62.5 Å². The molecule has 5 atom stereocenters. The molecule has 3 heteroatoms. The van der Waals surface area contributed by atoms with E-state index in [1.54, 1.807) is 12.7 Å². The molecule has 0 heterocycles. The predicted octanol–water partition coefficient (Wildman–Crippen LogP) is 1.26. The lowest BCUT2D eigenvalue weighted by Crippen LogP contribution is -3.00. The van der Waals surface area contributed by atoms with E-state index in [4.69, 9.17) is 4.74 Å². The smallest absolute Gasteiger partial charge is 0.207 e.